The van der Waals surface area contributed by atoms with Crippen molar-refractivity contribution in [1.82, 2.24) is 4.90 Å². The third-order valence-electron chi connectivity index (χ3n) is 3.12. The van der Waals surface area contributed by atoms with Gasteiger partial charge in [0.05, 0.1) is 18.0 Å². The van der Waals surface area contributed by atoms with Crippen LogP contribution in [-0.2, 0) is 4.79 Å². The third kappa shape index (κ3) is 3.49. The molecular formula is C12H20N3O. The van der Waals surface area contributed by atoms with E-state index in [1.807, 2.05) is 0 Å². The van der Waals surface area contributed by atoms with Crippen molar-refractivity contribution in [1.29, 1.82) is 5.26 Å². The fourth-order valence-corrected chi connectivity index (χ4v) is 2.11. The minimum Gasteiger partial charge on any atom is -0.368 e. The van der Waals surface area contributed by atoms with Gasteiger partial charge in [0.15, 0.2) is 0 Å². The molecule has 1 aliphatic rings. The van der Waals surface area contributed by atoms with Crippen molar-refractivity contribution in [3.63, 3.8) is 0 Å². The lowest BCUT2D eigenvalue weighted by Crippen LogP contribution is -2.49. The highest BCUT2D eigenvalue weighted by molar-refractivity contribution is 5.80. The first-order chi connectivity index (χ1) is 7.69. The van der Waals surface area contributed by atoms with E-state index in [1.165, 1.54) is 12.8 Å². The second-order valence-corrected chi connectivity index (χ2v) is 4.33. The molecule has 0 saturated carbocycles. The zero-order valence-corrected chi connectivity index (χ0v) is 9.91. The summed E-state index contributed by atoms with van der Waals surface area (Å²) in [6.07, 6.45) is 4.76. The maximum absolute atomic E-state index is 11.3. The average molecular weight is 222 g/mol. The second kappa shape index (κ2) is 6.49. The molecule has 4 nitrogen and oxygen atoms in total. The summed E-state index contributed by atoms with van der Waals surface area (Å²) in [5, 5.41) is 8.83. The number of carbonyl (C=O) groups is 1. The fraction of sp³-hybridized carbons (Fsp3) is 0.750. The smallest absolute Gasteiger partial charge is 0.234 e. The summed E-state index contributed by atoms with van der Waals surface area (Å²) < 4.78 is 0. The van der Waals surface area contributed by atoms with Gasteiger partial charge in [0.2, 0.25) is 5.91 Å². The number of nitrogens with zero attached hydrogens (tertiary/aromatic N) is 2. The number of rotatable bonds is 5. The number of hydrogen-bond acceptors (Lipinski definition) is 3. The Kier molecular flexibility index (Phi) is 5.27. The summed E-state index contributed by atoms with van der Waals surface area (Å²) in [5.74, 6) is 0.500. The minimum atomic E-state index is -0.302. The van der Waals surface area contributed by atoms with Crippen LogP contribution in [0.3, 0.4) is 0 Å². The zero-order chi connectivity index (χ0) is 12.0. The van der Waals surface area contributed by atoms with E-state index in [-0.39, 0.29) is 11.9 Å². The number of unbranched alkanes of at least 4 members (excludes halogenated alkanes) is 2. The molecule has 0 aliphatic carbocycles. The Morgan fingerprint density at radius 2 is 2.38 bits per heavy atom. The molecule has 0 aromatic rings. The molecule has 0 aromatic heterocycles. The molecule has 0 spiro atoms. The monoisotopic (exact) mass is 222 g/mol. The second-order valence-electron chi connectivity index (χ2n) is 4.33. The molecule has 1 aliphatic heterocycles. The van der Waals surface area contributed by atoms with Gasteiger partial charge in [0.1, 0.15) is 0 Å². The number of likely N-dealkylation sites (tertiary alicyclic amines) is 1. The maximum atomic E-state index is 11.3. The maximum Gasteiger partial charge on any atom is 0.234 e. The molecule has 89 valence electrons. The molecule has 1 fully saturated rings. The van der Waals surface area contributed by atoms with Crippen LogP contribution >= 0.6 is 0 Å². The molecule has 1 atom stereocenters. The molecule has 0 aromatic carbocycles. The summed E-state index contributed by atoms with van der Waals surface area (Å²) in [7, 11) is 0. The van der Waals surface area contributed by atoms with Crippen molar-refractivity contribution >= 4 is 5.91 Å². The van der Waals surface area contributed by atoms with E-state index in [9.17, 15) is 4.79 Å². The number of primary amides is 1. The number of nitriles is 1. The van der Waals surface area contributed by atoms with Gasteiger partial charge in [-0.15, -0.1) is 0 Å². The van der Waals surface area contributed by atoms with E-state index < -0.39 is 0 Å². The van der Waals surface area contributed by atoms with Crippen LogP contribution in [0.5, 0.6) is 0 Å². The Balaban J connectivity index is 2.49. The number of hydrogen-bond donors (Lipinski definition) is 1. The average Bonchev–Trinajstić information content (AvgIpc) is 2.29. The standard InChI is InChI=1S/C12H20N3O/c1-2-3-4-6-15-7-5-10(9-13)8-11(15)12(14)16/h11H,2-8H2,1H3,(H2,14,16). The molecule has 16 heavy (non-hydrogen) atoms. The van der Waals surface area contributed by atoms with Crippen molar-refractivity contribution in [2.75, 3.05) is 13.1 Å². The van der Waals surface area contributed by atoms with Gasteiger partial charge < -0.3 is 5.73 Å². The first kappa shape index (κ1) is 13.0. The number of carbonyl (C=O) groups excluding carboxylic acids is 1. The molecule has 1 unspecified atom stereocenters. The lowest BCUT2D eigenvalue weighted by molar-refractivity contribution is -0.124. The predicted molar refractivity (Wildman–Crippen MR) is 62.2 cm³/mol. The highest BCUT2D eigenvalue weighted by Gasteiger charge is 2.31. The SMILES string of the molecule is CCCCCN1CC[C](C#N)CC1C(N)=O. The van der Waals surface area contributed by atoms with Crippen molar-refractivity contribution in [3.05, 3.63) is 5.92 Å². The highest BCUT2D eigenvalue weighted by Crippen LogP contribution is 2.24. The Morgan fingerprint density at radius 1 is 1.62 bits per heavy atom. The third-order valence-corrected chi connectivity index (χ3v) is 3.12. The van der Waals surface area contributed by atoms with Crippen LogP contribution in [0.25, 0.3) is 0 Å². The fourth-order valence-electron chi connectivity index (χ4n) is 2.11. The van der Waals surface area contributed by atoms with Crippen LogP contribution in [0, 0.1) is 17.2 Å². The first-order valence-corrected chi connectivity index (χ1v) is 5.97. The quantitative estimate of drug-likeness (QED) is 0.711. The molecular weight excluding hydrogens is 202 g/mol. The van der Waals surface area contributed by atoms with Gasteiger partial charge in [0.25, 0.3) is 0 Å². The van der Waals surface area contributed by atoms with E-state index in [2.05, 4.69) is 17.9 Å². The lowest BCUT2D eigenvalue weighted by atomic mass is 9.91. The number of piperidine rings is 1. The van der Waals surface area contributed by atoms with Crippen LogP contribution < -0.4 is 5.73 Å². The number of amides is 1. The Morgan fingerprint density at radius 3 is 2.94 bits per heavy atom. The van der Waals surface area contributed by atoms with Gasteiger partial charge in [-0.25, -0.2) is 0 Å². The summed E-state index contributed by atoms with van der Waals surface area (Å²) in [6.45, 7) is 3.86. The van der Waals surface area contributed by atoms with Crippen LogP contribution in [0.4, 0.5) is 0 Å². The zero-order valence-electron chi connectivity index (χ0n) is 9.91. The van der Waals surface area contributed by atoms with Gasteiger partial charge in [-0.1, -0.05) is 19.8 Å². The predicted octanol–water partition coefficient (Wildman–Crippen LogP) is 1.22. The minimum absolute atomic E-state index is 0.264. The molecule has 4 heteroatoms. The van der Waals surface area contributed by atoms with Gasteiger partial charge in [-0.3, -0.25) is 9.69 Å². The van der Waals surface area contributed by atoms with Crippen molar-refractivity contribution in [3.8, 4) is 6.07 Å². The molecule has 1 radical (unpaired) electrons. The van der Waals surface area contributed by atoms with Crippen molar-refractivity contribution < 1.29 is 4.79 Å². The molecule has 0 bridgehead atoms. The summed E-state index contributed by atoms with van der Waals surface area (Å²) in [4.78, 5) is 13.4. The van der Waals surface area contributed by atoms with Crippen molar-refractivity contribution in [2.24, 2.45) is 5.73 Å². The molecule has 1 rings (SSSR count). The highest BCUT2D eigenvalue weighted by atomic mass is 16.1. The lowest BCUT2D eigenvalue weighted by Gasteiger charge is -2.35. The Bertz CT molecular complexity index is 272. The summed E-state index contributed by atoms with van der Waals surface area (Å²) in [5.41, 5.74) is 5.38. The van der Waals surface area contributed by atoms with Gasteiger partial charge in [-0.2, -0.15) is 5.26 Å². The molecule has 1 heterocycles. The summed E-state index contributed by atoms with van der Waals surface area (Å²) in [6, 6.07) is 1.90. The van der Waals surface area contributed by atoms with Gasteiger partial charge >= 0.3 is 0 Å². The van der Waals surface area contributed by atoms with Crippen molar-refractivity contribution in [2.45, 2.75) is 45.1 Å². The molecule has 2 N–H and O–H groups in total. The van der Waals surface area contributed by atoms with Crippen LogP contribution in [0.15, 0.2) is 0 Å². The van der Waals surface area contributed by atoms with Gasteiger partial charge in [0, 0.05) is 6.54 Å². The van der Waals surface area contributed by atoms with Crippen LogP contribution in [0.1, 0.15) is 39.0 Å². The van der Waals surface area contributed by atoms with E-state index in [1.54, 1.807) is 0 Å². The Hall–Kier alpha value is -1.08. The van der Waals surface area contributed by atoms with E-state index >= 15 is 0 Å². The topological polar surface area (TPSA) is 70.1 Å². The number of nitrogens with two attached hydrogens (primary N) is 1. The largest absolute Gasteiger partial charge is 0.368 e. The van der Waals surface area contributed by atoms with Crippen LogP contribution in [-0.4, -0.2) is 29.9 Å². The van der Waals surface area contributed by atoms with Crippen LogP contribution in [0.2, 0.25) is 0 Å². The first-order valence-electron chi connectivity index (χ1n) is 5.97. The van der Waals surface area contributed by atoms with E-state index in [4.69, 9.17) is 11.0 Å². The molecule has 1 saturated heterocycles. The normalized spacial score (nSPS) is 22.9. The Labute approximate surface area is 97.4 Å². The van der Waals surface area contributed by atoms with Gasteiger partial charge in [-0.05, 0) is 25.8 Å². The molecule has 1 amide bonds. The van der Waals surface area contributed by atoms with E-state index in [0.717, 1.165) is 31.8 Å². The summed E-state index contributed by atoms with van der Waals surface area (Å²) >= 11 is 0. The van der Waals surface area contributed by atoms with E-state index in [0.29, 0.717) is 6.42 Å².